The van der Waals surface area contributed by atoms with Gasteiger partial charge in [-0.3, -0.25) is 24.4 Å². The summed E-state index contributed by atoms with van der Waals surface area (Å²) in [5, 5.41) is 7.21. The number of carbonyl (C=O) groups excluding carboxylic acids is 3. The average molecular weight is 807 g/mol. The van der Waals surface area contributed by atoms with E-state index < -0.39 is 48.5 Å². The van der Waals surface area contributed by atoms with Gasteiger partial charge in [-0.25, -0.2) is 19.2 Å². The van der Waals surface area contributed by atoms with Crippen molar-refractivity contribution in [2.24, 2.45) is 23.2 Å². The summed E-state index contributed by atoms with van der Waals surface area (Å²) in [6, 6.07) is 7.82. The van der Waals surface area contributed by atoms with E-state index in [1.165, 1.54) is 16.3 Å². The Labute approximate surface area is 335 Å². The molecule has 7 rings (SSSR count). The number of carbonyl (C=O) groups is 3. The number of aryl methyl sites for hydroxylation is 1. The van der Waals surface area contributed by atoms with E-state index in [1.54, 1.807) is 13.3 Å². The molecule has 57 heavy (non-hydrogen) atoms. The van der Waals surface area contributed by atoms with E-state index in [9.17, 15) is 23.2 Å². The second-order valence-electron chi connectivity index (χ2n) is 16.3. The van der Waals surface area contributed by atoms with Crippen LogP contribution < -0.4 is 10.7 Å². The number of nitrogens with zero attached hydrogens (tertiary/aromatic N) is 4. The van der Waals surface area contributed by atoms with Gasteiger partial charge in [0.15, 0.2) is 0 Å². The molecule has 3 aliphatic rings. The van der Waals surface area contributed by atoms with Crippen molar-refractivity contribution in [3.8, 4) is 22.5 Å². The van der Waals surface area contributed by atoms with Crippen LogP contribution in [-0.4, -0.2) is 82.7 Å². The molecule has 0 radical (unpaired) electrons. The molecule has 1 aliphatic carbocycles. The smallest absolute Gasteiger partial charge is 0.324 e. The lowest BCUT2D eigenvalue weighted by atomic mass is 9.84. The highest BCUT2D eigenvalue weighted by molar-refractivity contribution is 7.10. The predicted molar refractivity (Wildman–Crippen MR) is 212 cm³/mol. The summed E-state index contributed by atoms with van der Waals surface area (Å²) in [4.78, 5) is 51.5. The molecule has 1 saturated heterocycles. The molecule has 1 aromatic carbocycles. The minimum atomic E-state index is -2.84. The quantitative estimate of drug-likeness (QED) is 0.174. The van der Waals surface area contributed by atoms with Crippen molar-refractivity contribution >= 4 is 40.0 Å². The number of ether oxygens (including phenoxy) is 3. The number of hydrogen-bond acceptors (Lipinski definition) is 10. The van der Waals surface area contributed by atoms with Crippen LogP contribution in [0.3, 0.4) is 0 Å². The molecule has 0 unspecified atom stereocenters. The third kappa shape index (κ3) is 8.21. The topological polar surface area (TPSA) is 137 Å². The molecule has 4 aromatic rings. The Morgan fingerprint density at radius 1 is 1.19 bits per heavy atom. The molecule has 3 aromatic heterocycles. The van der Waals surface area contributed by atoms with Crippen LogP contribution in [0.1, 0.15) is 82.9 Å². The average Bonchev–Trinajstić information content (AvgIpc) is 3.49. The van der Waals surface area contributed by atoms with Gasteiger partial charge in [0, 0.05) is 65.1 Å². The van der Waals surface area contributed by atoms with Crippen LogP contribution in [0.5, 0.6) is 0 Å². The lowest BCUT2D eigenvalue weighted by Gasteiger charge is -2.37. The number of amides is 2. The van der Waals surface area contributed by atoms with Crippen LogP contribution >= 0.6 is 11.3 Å². The molecule has 2 amide bonds. The number of nitrogens with one attached hydrogen (secondary N) is 2. The lowest BCUT2D eigenvalue weighted by Crippen LogP contribution is -2.61. The first-order valence-corrected chi connectivity index (χ1v) is 20.6. The Morgan fingerprint density at radius 3 is 2.67 bits per heavy atom. The Balaban J connectivity index is 1.40. The fraction of sp³-hybridized carbons (Fsp3) is 0.548. The normalized spacial score (nSPS) is 25.6. The predicted octanol–water partition coefficient (Wildman–Crippen LogP) is 6.88. The fourth-order valence-electron chi connectivity index (χ4n) is 8.33. The number of halogens is 2. The van der Waals surface area contributed by atoms with Crippen molar-refractivity contribution in [3.63, 3.8) is 0 Å². The monoisotopic (exact) mass is 806 g/mol. The molecule has 12 nitrogen and oxygen atoms in total. The van der Waals surface area contributed by atoms with Gasteiger partial charge in [-0.1, -0.05) is 33.8 Å². The number of cyclic esters (lactones) is 1. The summed E-state index contributed by atoms with van der Waals surface area (Å²) >= 11 is 1.18. The zero-order valence-electron chi connectivity index (χ0n) is 33.5. The number of rotatable bonds is 9. The number of alkyl halides is 2. The van der Waals surface area contributed by atoms with E-state index in [-0.39, 0.29) is 47.9 Å². The number of esters is 1. The second kappa shape index (κ2) is 16.5. The Bertz CT molecular complexity index is 2130. The van der Waals surface area contributed by atoms with Gasteiger partial charge in [0.1, 0.15) is 29.8 Å². The zero-order valence-corrected chi connectivity index (χ0v) is 34.3. The summed E-state index contributed by atoms with van der Waals surface area (Å²) < 4.78 is 47.6. The van der Waals surface area contributed by atoms with Gasteiger partial charge in [0.2, 0.25) is 5.91 Å². The number of benzene rings is 1. The van der Waals surface area contributed by atoms with Crippen LogP contribution in [-0.2, 0) is 41.6 Å². The zero-order chi connectivity index (χ0) is 40.8. The molecule has 306 valence electrons. The van der Waals surface area contributed by atoms with E-state index in [0.717, 1.165) is 39.0 Å². The molecule has 2 fully saturated rings. The Kier molecular flexibility index (Phi) is 11.8. The van der Waals surface area contributed by atoms with E-state index in [0.29, 0.717) is 31.5 Å². The minimum absolute atomic E-state index is 0.0961. The number of thiazole rings is 1. The molecule has 5 heterocycles. The van der Waals surface area contributed by atoms with Crippen LogP contribution in [0.25, 0.3) is 33.4 Å². The van der Waals surface area contributed by atoms with Crippen molar-refractivity contribution in [3.05, 3.63) is 58.2 Å². The summed E-state index contributed by atoms with van der Waals surface area (Å²) in [5.41, 5.74) is 8.60. The maximum atomic E-state index is 14.5. The molecule has 7 atom stereocenters. The first-order chi connectivity index (χ1) is 27.2. The van der Waals surface area contributed by atoms with E-state index in [2.05, 4.69) is 54.3 Å². The van der Waals surface area contributed by atoms with Crippen LogP contribution in [0.4, 0.5) is 8.78 Å². The molecule has 1 saturated carbocycles. The number of hydrogen-bond donors (Lipinski definition) is 2. The molecule has 0 spiro atoms. The first-order valence-electron chi connectivity index (χ1n) is 19.8. The Hall–Kier alpha value is -4.31. The maximum Gasteiger partial charge on any atom is 0.324 e. The van der Waals surface area contributed by atoms with Gasteiger partial charge in [-0.2, -0.15) is 0 Å². The van der Waals surface area contributed by atoms with Crippen LogP contribution in [0.15, 0.2) is 41.9 Å². The van der Waals surface area contributed by atoms with E-state index >= 15 is 0 Å². The molecule has 15 heteroatoms. The Morgan fingerprint density at radius 2 is 1.96 bits per heavy atom. The number of pyridine rings is 1. The van der Waals surface area contributed by atoms with Crippen molar-refractivity contribution in [1.82, 2.24) is 30.3 Å². The summed E-state index contributed by atoms with van der Waals surface area (Å²) in [6.45, 7) is 12.1. The van der Waals surface area contributed by atoms with Crippen molar-refractivity contribution in [2.75, 3.05) is 26.9 Å². The lowest BCUT2D eigenvalue weighted by molar-refractivity contribution is -0.157. The van der Waals surface area contributed by atoms with Gasteiger partial charge in [0.05, 0.1) is 29.8 Å². The van der Waals surface area contributed by atoms with Gasteiger partial charge in [-0.15, -0.1) is 11.3 Å². The molecular formula is C42H52F2N6O6S. The highest BCUT2D eigenvalue weighted by Crippen LogP contribution is 2.46. The second-order valence-corrected chi connectivity index (χ2v) is 17.2. The van der Waals surface area contributed by atoms with Gasteiger partial charge in [0.25, 0.3) is 12.3 Å². The highest BCUT2D eigenvalue weighted by atomic mass is 32.1. The van der Waals surface area contributed by atoms with E-state index in [4.69, 9.17) is 24.2 Å². The van der Waals surface area contributed by atoms with Crippen molar-refractivity contribution in [2.45, 2.75) is 98.1 Å². The first kappa shape index (κ1) is 40.9. The summed E-state index contributed by atoms with van der Waals surface area (Å²) in [7, 11) is 1.66. The molecule has 6 bridgehead atoms. The number of hydrazine groups is 1. The SMILES string of the molecule is CCn1c(-c2cccnc2[C@H](C)OC)c2c3cc(ccc31)-c1csc(n1)[C@@H](OCC(F)F)[C@H](NC(=O)[C@H]1[C@H](C)[C@@H]1C)C(=O)N1CCC[C@H](N1)C(=O)OCC(C)(C)C2. The number of fused-ring (bicyclic) bond motifs is 6. The van der Waals surface area contributed by atoms with Crippen LogP contribution in [0, 0.1) is 23.2 Å². The number of methoxy groups -OCH3 is 1. The van der Waals surface area contributed by atoms with Gasteiger partial charge >= 0.3 is 5.97 Å². The third-order valence-electron chi connectivity index (χ3n) is 11.8. The van der Waals surface area contributed by atoms with Crippen molar-refractivity contribution < 1.29 is 37.4 Å². The maximum absolute atomic E-state index is 14.5. The number of aromatic nitrogens is 3. The third-order valence-corrected chi connectivity index (χ3v) is 12.7. The molecule has 2 aliphatic heterocycles. The summed E-state index contributed by atoms with van der Waals surface area (Å²) in [6.07, 6.45) is -1.29. The standard InChI is InChI=1S/C42H52F2N6O6S/c1-8-49-31-14-13-25-17-27(31)28(36(49)26-11-9-15-45-34(26)24(4)54-7)18-42(5,6)21-56-41(53)29-12-10-16-50(48-29)40(52)35(47-38(51)33-22(2)23(33)3)37(55-19-32(43)44)39-46-30(25)20-57-39/h9,11,13-15,17,20,22-24,29,32-33,35,37,48H,8,10,12,16,18-19,21H2,1-7H3,(H,47,51)/t22-,23+,24-,29-,33+,35-,37-/m0/s1. The van der Waals surface area contributed by atoms with Gasteiger partial charge in [-0.05, 0) is 74.8 Å². The van der Waals surface area contributed by atoms with Crippen molar-refractivity contribution in [1.29, 1.82) is 0 Å². The minimum Gasteiger partial charge on any atom is -0.464 e. The summed E-state index contributed by atoms with van der Waals surface area (Å²) in [5.74, 6) is -1.64. The molecule has 2 N–H and O–H groups in total. The fourth-order valence-corrected chi connectivity index (χ4v) is 9.24. The highest BCUT2D eigenvalue weighted by Gasteiger charge is 2.50. The molecular weight excluding hydrogens is 755 g/mol. The van der Waals surface area contributed by atoms with Crippen LogP contribution in [0.2, 0.25) is 0 Å². The van der Waals surface area contributed by atoms with E-state index in [1.807, 2.05) is 38.3 Å². The largest absolute Gasteiger partial charge is 0.464 e. The van der Waals surface area contributed by atoms with Gasteiger partial charge < -0.3 is 24.1 Å².